The lowest BCUT2D eigenvalue weighted by atomic mass is 10.3. The summed E-state index contributed by atoms with van der Waals surface area (Å²) in [6.45, 7) is 3.91. The predicted octanol–water partition coefficient (Wildman–Crippen LogP) is 2.28. The highest BCUT2D eigenvalue weighted by atomic mass is 16.5. The van der Waals surface area contributed by atoms with E-state index < -0.39 is 0 Å². The minimum absolute atomic E-state index is 0.0582. The van der Waals surface area contributed by atoms with Crippen LogP contribution >= 0.6 is 0 Å². The van der Waals surface area contributed by atoms with Crippen LogP contribution in [0.25, 0.3) is 0 Å². The Morgan fingerprint density at radius 3 is 2.83 bits per heavy atom. The summed E-state index contributed by atoms with van der Waals surface area (Å²) in [6, 6.07) is 7.40. The molecule has 1 heterocycles. The van der Waals surface area contributed by atoms with E-state index in [1.807, 2.05) is 42.1 Å². The zero-order valence-corrected chi connectivity index (χ0v) is 14.0. The van der Waals surface area contributed by atoms with Crippen molar-refractivity contribution >= 4 is 11.6 Å². The highest BCUT2D eigenvalue weighted by molar-refractivity contribution is 5.93. The summed E-state index contributed by atoms with van der Waals surface area (Å²) in [6.07, 6.45) is 4.66. The molecule has 0 bridgehead atoms. The van der Waals surface area contributed by atoms with Crippen LogP contribution in [-0.2, 0) is 18.4 Å². The second-order valence-corrected chi connectivity index (χ2v) is 5.41. The summed E-state index contributed by atoms with van der Waals surface area (Å²) < 4.78 is 7.23. The van der Waals surface area contributed by atoms with E-state index in [-0.39, 0.29) is 5.91 Å². The first-order valence-electron chi connectivity index (χ1n) is 7.75. The molecule has 0 radical (unpaired) electrons. The lowest BCUT2D eigenvalue weighted by Crippen LogP contribution is -2.34. The van der Waals surface area contributed by atoms with Crippen LogP contribution in [0.3, 0.4) is 0 Å². The summed E-state index contributed by atoms with van der Waals surface area (Å²) in [5.41, 5.74) is 0.688. The van der Waals surface area contributed by atoms with Gasteiger partial charge in [0.25, 0.3) is 0 Å². The van der Waals surface area contributed by atoms with E-state index in [4.69, 9.17) is 4.74 Å². The van der Waals surface area contributed by atoms with Crippen molar-refractivity contribution in [2.75, 3.05) is 25.5 Å². The number of hydrogen-bond donors (Lipinski definition) is 1. The average Bonchev–Trinajstić information content (AvgIpc) is 2.93. The van der Waals surface area contributed by atoms with Crippen LogP contribution in [0.15, 0.2) is 36.7 Å². The zero-order valence-electron chi connectivity index (χ0n) is 14.0. The Hall–Kier alpha value is -2.34. The highest BCUT2D eigenvalue weighted by Gasteiger charge is 2.14. The number of benzene rings is 1. The monoisotopic (exact) mass is 316 g/mol. The third-order valence-corrected chi connectivity index (χ3v) is 3.57. The number of para-hydroxylation sites is 2. The minimum Gasteiger partial charge on any atom is -0.495 e. The van der Waals surface area contributed by atoms with Crippen LogP contribution in [0.2, 0.25) is 0 Å². The summed E-state index contributed by atoms with van der Waals surface area (Å²) in [7, 11) is 3.55. The molecule has 0 aliphatic heterocycles. The van der Waals surface area contributed by atoms with Crippen LogP contribution in [-0.4, -0.2) is 40.6 Å². The molecule has 0 fully saturated rings. The largest absolute Gasteiger partial charge is 0.495 e. The first-order chi connectivity index (χ1) is 11.1. The fraction of sp³-hybridized carbons (Fsp3) is 0.412. The Kier molecular flexibility index (Phi) is 6.17. The number of methoxy groups -OCH3 is 1. The number of aryl methyl sites for hydroxylation is 1. The number of hydrogen-bond acceptors (Lipinski definition) is 4. The minimum atomic E-state index is -0.0582. The molecule has 23 heavy (non-hydrogen) atoms. The molecule has 0 aliphatic rings. The van der Waals surface area contributed by atoms with E-state index in [1.165, 1.54) is 0 Å². The van der Waals surface area contributed by atoms with Gasteiger partial charge in [-0.1, -0.05) is 19.1 Å². The van der Waals surface area contributed by atoms with Crippen molar-refractivity contribution < 1.29 is 9.53 Å². The van der Waals surface area contributed by atoms with E-state index >= 15 is 0 Å². The first-order valence-corrected chi connectivity index (χ1v) is 7.75. The van der Waals surface area contributed by atoms with Crippen molar-refractivity contribution in [3.63, 3.8) is 0 Å². The molecule has 0 saturated heterocycles. The smallest absolute Gasteiger partial charge is 0.238 e. The SMILES string of the molecule is CCCN(CC(=O)Nc1ccccc1OC)Cc1nccn1C. The number of carbonyl (C=O) groups excluding carboxylic acids is 1. The van der Waals surface area contributed by atoms with Gasteiger partial charge in [0.05, 0.1) is 25.9 Å². The van der Waals surface area contributed by atoms with Crippen LogP contribution in [0.1, 0.15) is 19.2 Å². The predicted molar refractivity (Wildman–Crippen MR) is 90.4 cm³/mol. The quantitative estimate of drug-likeness (QED) is 0.812. The van der Waals surface area contributed by atoms with Gasteiger partial charge in [-0.3, -0.25) is 9.69 Å². The summed E-state index contributed by atoms with van der Waals surface area (Å²) in [5, 5.41) is 2.91. The molecule has 0 aliphatic carbocycles. The summed E-state index contributed by atoms with van der Waals surface area (Å²) >= 11 is 0. The van der Waals surface area contributed by atoms with Crippen LogP contribution in [0.4, 0.5) is 5.69 Å². The number of anilines is 1. The van der Waals surface area contributed by atoms with Crippen LogP contribution in [0.5, 0.6) is 5.75 Å². The van der Waals surface area contributed by atoms with Gasteiger partial charge in [0, 0.05) is 19.4 Å². The number of rotatable bonds is 8. The number of nitrogens with one attached hydrogen (secondary N) is 1. The van der Waals surface area contributed by atoms with Gasteiger partial charge in [-0.25, -0.2) is 4.98 Å². The Morgan fingerprint density at radius 1 is 1.39 bits per heavy atom. The Balaban J connectivity index is 1.99. The van der Waals surface area contributed by atoms with E-state index in [9.17, 15) is 4.79 Å². The van der Waals surface area contributed by atoms with Gasteiger partial charge in [0.1, 0.15) is 11.6 Å². The van der Waals surface area contributed by atoms with Gasteiger partial charge in [0.15, 0.2) is 0 Å². The third kappa shape index (κ3) is 4.82. The van der Waals surface area contributed by atoms with Gasteiger partial charge < -0.3 is 14.6 Å². The molecule has 6 heteroatoms. The molecule has 0 saturated carbocycles. The van der Waals surface area contributed by atoms with E-state index in [1.54, 1.807) is 13.3 Å². The Labute approximate surface area is 137 Å². The summed E-state index contributed by atoms with van der Waals surface area (Å²) in [4.78, 5) is 18.8. The molecule has 2 aromatic rings. The molecule has 2 rings (SSSR count). The topological polar surface area (TPSA) is 59.4 Å². The maximum atomic E-state index is 12.3. The molecule has 124 valence electrons. The van der Waals surface area contributed by atoms with Crippen molar-refractivity contribution in [1.82, 2.24) is 14.5 Å². The number of carbonyl (C=O) groups is 1. The molecule has 1 amide bonds. The second kappa shape index (κ2) is 8.33. The van der Waals surface area contributed by atoms with Crippen LogP contribution < -0.4 is 10.1 Å². The maximum absolute atomic E-state index is 12.3. The fourth-order valence-corrected chi connectivity index (χ4v) is 2.42. The van der Waals surface area contributed by atoms with E-state index in [0.717, 1.165) is 18.8 Å². The highest BCUT2D eigenvalue weighted by Crippen LogP contribution is 2.22. The maximum Gasteiger partial charge on any atom is 0.238 e. The number of imidazole rings is 1. The Bertz CT molecular complexity index is 639. The van der Waals surface area contributed by atoms with Gasteiger partial charge in [0.2, 0.25) is 5.91 Å². The number of nitrogens with zero attached hydrogens (tertiary/aromatic N) is 3. The second-order valence-electron chi connectivity index (χ2n) is 5.41. The molecule has 1 aromatic carbocycles. The average molecular weight is 316 g/mol. The van der Waals surface area contributed by atoms with Gasteiger partial charge in [-0.05, 0) is 25.1 Å². The van der Waals surface area contributed by atoms with Crippen LogP contribution in [0, 0.1) is 0 Å². The number of ether oxygens (including phenoxy) is 1. The molecular weight excluding hydrogens is 292 g/mol. The molecule has 0 atom stereocenters. The Morgan fingerprint density at radius 2 is 2.17 bits per heavy atom. The molecule has 1 aromatic heterocycles. The van der Waals surface area contributed by atoms with Gasteiger partial charge >= 0.3 is 0 Å². The van der Waals surface area contributed by atoms with Crippen molar-refractivity contribution in [2.24, 2.45) is 7.05 Å². The van der Waals surface area contributed by atoms with Gasteiger partial charge in [-0.2, -0.15) is 0 Å². The normalized spacial score (nSPS) is 10.8. The number of aromatic nitrogens is 2. The van der Waals surface area contributed by atoms with E-state index in [0.29, 0.717) is 24.5 Å². The van der Waals surface area contributed by atoms with Crippen molar-refractivity contribution in [3.8, 4) is 5.75 Å². The third-order valence-electron chi connectivity index (χ3n) is 3.57. The molecular formula is C17H24N4O2. The summed E-state index contributed by atoms with van der Waals surface area (Å²) in [5.74, 6) is 1.55. The molecule has 6 nitrogen and oxygen atoms in total. The molecule has 0 unspecified atom stereocenters. The molecule has 0 spiro atoms. The van der Waals surface area contributed by atoms with Crippen molar-refractivity contribution in [1.29, 1.82) is 0 Å². The lowest BCUT2D eigenvalue weighted by molar-refractivity contribution is -0.117. The molecule has 1 N–H and O–H groups in total. The lowest BCUT2D eigenvalue weighted by Gasteiger charge is -2.21. The standard InChI is InChI=1S/C17H24N4O2/c1-4-10-21(12-16-18-9-11-20(16)2)13-17(22)19-14-7-5-6-8-15(14)23-3/h5-9,11H,4,10,12-13H2,1-3H3,(H,19,22). The zero-order chi connectivity index (χ0) is 16.7. The van der Waals surface area contributed by atoms with Gasteiger partial charge in [-0.15, -0.1) is 0 Å². The van der Waals surface area contributed by atoms with Crippen molar-refractivity contribution in [2.45, 2.75) is 19.9 Å². The van der Waals surface area contributed by atoms with E-state index in [2.05, 4.69) is 22.1 Å². The number of amides is 1. The first kappa shape index (κ1) is 17.0. The van der Waals surface area contributed by atoms with Crippen molar-refractivity contribution in [3.05, 3.63) is 42.5 Å². The fourth-order valence-electron chi connectivity index (χ4n) is 2.42.